The summed E-state index contributed by atoms with van der Waals surface area (Å²) in [5.41, 5.74) is 7.86. The standard InChI is InChI=1S/C19H25N3O2/c1-19(2,3)24-18(23)14-8-6-13(7-9-14)16-12-22-10-4-5-15(11-20)17(22)21-16/h6-9,12,15H,4-5,10-11,20H2,1-3H3. The number of aryl methyl sites for hydroxylation is 1. The number of fused-ring (bicyclic) bond motifs is 1. The lowest BCUT2D eigenvalue weighted by Gasteiger charge is -2.21. The highest BCUT2D eigenvalue weighted by Gasteiger charge is 2.22. The molecular formula is C19H25N3O2. The molecule has 5 nitrogen and oxygen atoms in total. The molecule has 1 aromatic heterocycles. The maximum atomic E-state index is 12.1. The normalized spacial score (nSPS) is 17.4. The van der Waals surface area contributed by atoms with Gasteiger partial charge in [-0.1, -0.05) is 12.1 Å². The van der Waals surface area contributed by atoms with Crippen LogP contribution in [0.5, 0.6) is 0 Å². The fourth-order valence-electron chi connectivity index (χ4n) is 3.05. The van der Waals surface area contributed by atoms with Crippen LogP contribution in [0.4, 0.5) is 0 Å². The third-order valence-corrected chi connectivity index (χ3v) is 4.22. The van der Waals surface area contributed by atoms with E-state index in [4.69, 9.17) is 15.5 Å². The molecule has 2 N–H and O–H groups in total. The Morgan fingerprint density at radius 1 is 1.33 bits per heavy atom. The number of benzene rings is 1. The molecule has 2 heterocycles. The van der Waals surface area contributed by atoms with Crippen LogP contribution in [0.2, 0.25) is 0 Å². The van der Waals surface area contributed by atoms with Gasteiger partial charge in [-0.15, -0.1) is 0 Å². The minimum atomic E-state index is -0.490. The predicted octanol–water partition coefficient (Wildman–Crippen LogP) is 3.34. The van der Waals surface area contributed by atoms with Gasteiger partial charge < -0.3 is 15.0 Å². The van der Waals surface area contributed by atoms with Crippen molar-refractivity contribution in [3.8, 4) is 11.3 Å². The molecule has 1 aliphatic rings. The molecule has 0 spiro atoms. The molecule has 3 rings (SSSR count). The SMILES string of the molecule is CC(C)(C)OC(=O)c1ccc(-c2cn3c(n2)C(CN)CCC3)cc1. The monoisotopic (exact) mass is 327 g/mol. The molecular weight excluding hydrogens is 302 g/mol. The average Bonchev–Trinajstić information content (AvgIpc) is 2.97. The zero-order chi connectivity index (χ0) is 17.3. The lowest BCUT2D eigenvalue weighted by atomic mass is 9.99. The summed E-state index contributed by atoms with van der Waals surface area (Å²) in [7, 11) is 0. The van der Waals surface area contributed by atoms with E-state index in [-0.39, 0.29) is 5.97 Å². The van der Waals surface area contributed by atoms with Crippen LogP contribution >= 0.6 is 0 Å². The Morgan fingerprint density at radius 2 is 2.04 bits per heavy atom. The van der Waals surface area contributed by atoms with Gasteiger partial charge in [-0.3, -0.25) is 0 Å². The lowest BCUT2D eigenvalue weighted by molar-refractivity contribution is 0.00696. The van der Waals surface area contributed by atoms with Crippen molar-refractivity contribution in [1.29, 1.82) is 0 Å². The minimum Gasteiger partial charge on any atom is -0.456 e. The number of ether oxygens (including phenoxy) is 1. The lowest BCUT2D eigenvalue weighted by Crippen LogP contribution is -2.23. The molecule has 1 atom stereocenters. The van der Waals surface area contributed by atoms with E-state index in [0.29, 0.717) is 18.0 Å². The van der Waals surface area contributed by atoms with Crippen LogP contribution in [0.15, 0.2) is 30.5 Å². The molecule has 1 aliphatic heterocycles. The molecule has 128 valence electrons. The molecule has 0 amide bonds. The smallest absolute Gasteiger partial charge is 0.338 e. The molecule has 0 bridgehead atoms. The maximum absolute atomic E-state index is 12.1. The van der Waals surface area contributed by atoms with Crippen molar-refractivity contribution >= 4 is 5.97 Å². The van der Waals surface area contributed by atoms with Gasteiger partial charge in [0.05, 0.1) is 11.3 Å². The highest BCUT2D eigenvalue weighted by atomic mass is 16.6. The highest BCUT2D eigenvalue weighted by Crippen LogP contribution is 2.29. The van der Waals surface area contributed by atoms with Gasteiger partial charge >= 0.3 is 5.97 Å². The first-order valence-electron chi connectivity index (χ1n) is 8.48. The second-order valence-electron chi connectivity index (χ2n) is 7.33. The number of nitrogens with zero attached hydrogens (tertiary/aromatic N) is 2. The van der Waals surface area contributed by atoms with Gasteiger partial charge in [0.1, 0.15) is 11.4 Å². The van der Waals surface area contributed by atoms with Crippen LogP contribution in [0.1, 0.15) is 55.7 Å². The van der Waals surface area contributed by atoms with E-state index >= 15 is 0 Å². The number of carbonyl (C=O) groups is 1. The van der Waals surface area contributed by atoms with Gasteiger partial charge in [0.25, 0.3) is 0 Å². The third-order valence-electron chi connectivity index (χ3n) is 4.22. The van der Waals surface area contributed by atoms with Crippen molar-refractivity contribution < 1.29 is 9.53 Å². The first-order valence-corrected chi connectivity index (χ1v) is 8.48. The number of aromatic nitrogens is 2. The summed E-state index contributed by atoms with van der Waals surface area (Å²) in [5, 5.41) is 0. The first kappa shape index (κ1) is 16.7. The Morgan fingerprint density at radius 3 is 2.67 bits per heavy atom. The Balaban J connectivity index is 1.82. The number of carbonyl (C=O) groups excluding carboxylic acids is 1. The van der Waals surface area contributed by atoms with E-state index in [1.807, 2.05) is 32.9 Å². The molecule has 0 saturated heterocycles. The number of esters is 1. The second kappa shape index (κ2) is 6.40. The summed E-state index contributed by atoms with van der Waals surface area (Å²) in [6, 6.07) is 7.43. The summed E-state index contributed by atoms with van der Waals surface area (Å²) in [6.45, 7) is 7.22. The van der Waals surface area contributed by atoms with Crippen LogP contribution in [0.3, 0.4) is 0 Å². The number of hydrogen-bond acceptors (Lipinski definition) is 4. The Labute approximate surface area is 142 Å². The Hall–Kier alpha value is -2.14. The largest absolute Gasteiger partial charge is 0.456 e. The zero-order valence-corrected chi connectivity index (χ0v) is 14.6. The van der Waals surface area contributed by atoms with E-state index in [1.165, 1.54) is 0 Å². The van der Waals surface area contributed by atoms with Crippen molar-refractivity contribution in [2.75, 3.05) is 6.54 Å². The molecule has 0 saturated carbocycles. The molecule has 0 fully saturated rings. The predicted molar refractivity (Wildman–Crippen MR) is 93.9 cm³/mol. The van der Waals surface area contributed by atoms with E-state index in [2.05, 4.69) is 10.8 Å². The number of imidazole rings is 1. The summed E-state index contributed by atoms with van der Waals surface area (Å²) in [6.07, 6.45) is 4.33. The summed E-state index contributed by atoms with van der Waals surface area (Å²) >= 11 is 0. The fraction of sp³-hybridized carbons (Fsp3) is 0.474. The first-order chi connectivity index (χ1) is 11.4. The second-order valence-corrected chi connectivity index (χ2v) is 7.33. The molecule has 24 heavy (non-hydrogen) atoms. The van der Waals surface area contributed by atoms with E-state index in [1.54, 1.807) is 12.1 Å². The number of nitrogens with two attached hydrogens (primary N) is 1. The van der Waals surface area contributed by atoms with Crippen molar-refractivity contribution in [2.24, 2.45) is 5.73 Å². The quantitative estimate of drug-likeness (QED) is 0.878. The van der Waals surface area contributed by atoms with Gasteiger partial charge in [-0.2, -0.15) is 0 Å². The van der Waals surface area contributed by atoms with Gasteiger partial charge in [0, 0.05) is 30.8 Å². The topological polar surface area (TPSA) is 70.1 Å². The van der Waals surface area contributed by atoms with Crippen molar-refractivity contribution in [3.63, 3.8) is 0 Å². The molecule has 0 radical (unpaired) electrons. The summed E-state index contributed by atoms with van der Waals surface area (Å²) in [4.78, 5) is 16.9. The van der Waals surface area contributed by atoms with Gasteiger partial charge in [0.2, 0.25) is 0 Å². The molecule has 1 unspecified atom stereocenters. The molecule has 0 aliphatic carbocycles. The highest BCUT2D eigenvalue weighted by molar-refractivity contribution is 5.90. The van der Waals surface area contributed by atoms with Gasteiger partial charge in [0.15, 0.2) is 0 Å². The number of hydrogen-bond donors (Lipinski definition) is 1. The molecule has 1 aromatic carbocycles. The minimum absolute atomic E-state index is 0.304. The average molecular weight is 327 g/mol. The maximum Gasteiger partial charge on any atom is 0.338 e. The van der Waals surface area contributed by atoms with Crippen molar-refractivity contribution in [1.82, 2.24) is 9.55 Å². The molecule has 5 heteroatoms. The van der Waals surface area contributed by atoms with Crippen molar-refractivity contribution in [2.45, 2.75) is 51.7 Å². The fourth-order valence-corrected chi connectivity index (χ4v) is 3.05. The van der Waals surface area contributed by atoms with Crippen LogP contribution in [0, 0.1) is 0 Å². The van der Waals surface area contributed by atoms with E-state index < -0.39 is 5.60 Å². The van der Waals surface area contributed by atoms with E-state index in [9.17, 15) is 4.79 Å². The Kier molecular flexibility index (Phi) is 4.45. The third kappa shape index (κ3) is 3.51. The van der Waals surface area contributed by atoms with Crippen LogP contribution in [-0.4, -0.2) is 27.7 Å². The van der Waals surface area contributed by atoms with Crippen LogP contribution < -0.4 is 5.73 Å². The van der Waals surface area contributed by atoms with Gasteiger partial charge in [-0.25, -0.2) is 9.78 Å². The van der Waals surface area contributed by atoms with Gasteiger partial charge in [-0.05, 0) is 45.7 Å². The Bertz CT molecular complexity index is 726. The van der Waals surface area contributed by atoms with Crippen molar-refractivity contribution in [3.05, 3.63) is 41.9 Å². The number of rotatable bonds is 3. The van der Waals surface area contributed by atoms with E-state index in [0.717, 1.165) is 36.5 Å². The summed E-state index contributed by atoms with van der Waals surface area (Å²) < 4.78 is 7.60. The zero-order valence-electron chi connectivity index (χ0n) is 14.6. The summed E-state index contributed by atoms with van der Waals surface area (Å²) in [5.74, 6) is 1.12. The molecule has 2 aromatic rings. The van der Waals surface area contributed by atoms with Crippen LogP contribution in [0.25, 0.3) is 11.3 Å². The van der Waals surface area contributed by atoms with Crippen LogP contribution in [-0.2, 0) is 11.3 Å².